The summed E-state index contributed by atoms with van der Waals surface area (Å²) in [6, 6.07) is 18.3. The van der Waals surface area contributed by atoms with Gasteiger partial charge >= 0.3 is 0 Å². The van der Waals surface area contributed by atoms with Crippen LogP contribution in [-0.2, 0) is 11.4 Å². The third-order valence-corrected chi connectivity index (χ3v) is 2.60. The highest BCUT2D eigenvalue weighted by Crippen LogP contribution is 2.06. The summed E-state index contributed by atoms with van der Waals surface area (Å²) < 4.78 is 0. The number of nitrogens with zero attached hydrogens (tertiary/aromatic N) is 3. The van der Waals surface area contributed by atoms with Gasteiger partial charge in [0.25, 0.3) is 0 Å². The van der Waals surface area contributed by atoms with Crippen LogP contribution >= 0.6 is 0 Å². The second-order valence-corrected chi connectivity index (χ2v) is 4.05. The first-order chi connectivity index (χ1) is 9.81. The molecule has 4 nitrogen and oxygen atoms in total. The summed E-state index contributed by atoms with van der Waals surface area (Å²) in [5, 5.41) is 21.3. The molecule has 0 unspecified atom stereocenters. The molecule has 0 aromatic heterocycles. The van der Waals surface area contributed by atoms with E-state index < -0.39 is 0 Å². The first-order valence-electron chi connectivity index (χ1n) is 5.96. The fourth-order valence-corrected chi connectivity index (χ4v) is 1.58. The van der Waals surface area contributed by atoms with Gasteiger partial charge < -0.3 is 4.84 Å². The Hall–Kier alpha value is -3.11. The van der Waals surface area contributed by atoms with Crippen LogP contribution in [0.5, 0.6) is 0 Å². The van der Waals surface area contributed by atoms with Gasteiger partial charge in [-0.1, -0.05) is 29.4 Å². The standard InChI is InChI=1S/C16H11N3O/c17-9-13-4-6-14(7-5-13)11-19-20-12-16-3-1-2-15(8-16)10-18/h1-8,11H,12H2. The van der Waals surface area contributed by atoms with Crippen LogP contribution in [0.25, 0.3) is 0 Å². The van der Waals surface area contributed by atoms with Crippen molar-refractivity contribution in [2.75, 3.05) is 0 Å². The molecular formula is C16H11N3O. The van der Waals surface area contributed by atoms with Crippen LogP contribution in [0.2, 0.25) is 0 Å². The molecule has 0 bridgehead atoms. The zero-order chi connectivity index (χ0) is 14.2. The average molecular weight is 261 g/mol. The molecule has 96 valence electrons. The lowest BCUT2D eigenvalue weighted by atomic mass is 10.1. The van der Waals surface area contributed by atoms with Crippen molar-refractivity contribution >= 4 is 6.21 Å². The molecule has 0 N–H and O–H groups in total. The zero-order valence-corrected chi connectivity index (χ0v) is 10.7. The molecule has 0 aliphatic rings. The third-order valence-electron chi connectivity index (χ3n) is 2.60. The number of nitriles is 2. The lowest BCUT2D eigenvalue weighted by Gasteiger charge is -2.00. The highest BCUT2D eigenvalue weighted by molar-refractivity contribution is 5.79. The molecule has 0 fully saturated rings. The maximum Gasteiger partial charge on any atom is 0.142 e. The van der Waals surface area contributed by atoms with E-state index in [1.807, 2.05) is 12.1 Å². The SMILES string of the molecule is N#Cc1ccc(C=NOCc2cccc(C#N)c2)cc1. The normalized spacial score (nSPS) is 9.90. The molecule has 0 saturated heterocycles. The summed E-state index contributed by atoms with van der Waals surface area (Å²) in [5.41, 5.74) is 2.95. The topological polar surface area (TPSA) is 69.2 Å². The molecule has 2 aromatic carbocycles. The van der Waals surface area contributed by atoms with E-state index in [-0.39, 0.29) is 0 Å². The summed E-state index contributed by atoms with van der Waals surface area (Å²) in [6.45, 7) is 0.308. The first-order valence-corrected chi connectivity index (χ1v) is 5.96. The van der Waals surface area contributed by atoms with Gasteiger partial charge in [-0.2, -0.15) is 10.5 Å². The molecule has 4 heteroatoms. The van der Waals surface area contributed by atoms with Crippen LogP contribution in [0.1, 0.15) is 22.3 Å². The quantitative estimate of drug-likeness (QED) is 0.627. The second kappa shape index (κ2) is 6.72. The van der Waals surface area contributed by atoms with Crippen LogP contribution in [0.15, 0.2) is 53.7 Å². The van der Waals surface area contributed by atoms with Crippen LogP contribution in [-0.4, -0.2) is 6.21 Å². The molecule has 0 amide bonds. The number of hydrogen-bond donors (Lipinski definition) is 0. The van der Waals surface area contributed by atoms with Crippen molar-refractivity contribution in [1.29, 1.82) is 10.5 Å². The largest absolute Gasteiger partial charge is 0.391 e. The van der Waals surface area contributed by atoms with Gasteiger partial charge in [0.1, 0.15) is 6.61 Å². The molecule has 0 radical (unpaired) electrons. The van der Waals surface area contributed by atoms with Crippen LogP contribution < -0.4 is 0 Å². The van der Waals surface area contributed by atoms with E-state index in [0.29, 0.717) is 17.7 Å². The maximum atomic E-state index is 8.78. The Morgan fingerprint density at radius 1 is 1.00 bits per heavy atom. The van der Waals surface area contributed by atoms with Crippen LogP contribution in [0, 0.1) is 22.7 Å². The molecule has 0 heterocycles. The van der Waals surface area contributed by atoms with Crippen molar-refractivity contribution < 1.29 is 4.84 Å². The van der Waals surface area contributed by atoms with E-state index in [9.17, 15) is 0 Å². The minimum absolute atomic E-state index is 0.308. The molecule has 2 rings (SSSR count). The molecule has 0 saturated carbocycles. The Labute approximate surface area is 117 Å². The lowest BCUT2D eigenvalue weighted by molar-refractivity contribution is 0.132. The molecule has 0 spiro atoms. The van der Waals surface area contributed by atoms with E-state index in [1.54, 1.807) is 42.6 Å². The molecular weight excluding hydrogens is 250 g/mol. The van der Waals surface area contributed by atoms with E-state index in [4.69, 9.17) is 15.4 Å². The van der Waals surface area contributed by atoms with Crippen molar-refractivity contribution in [2.45, 2.75) is 6.61 Å². The summed E-state index contributed by atoms with van der Waals surface area (Å²) >= 11 is 0. The second-order valence-electron chi connectivity index (χ2n) is 4.05. The summed E-state index contributed by atoms with van der Waals surface area (Å²) in [7, 11) is 0. The Morgan fingerprint density at radius 3 is 2.45 bits per heavy atom. The molecule has 0 aliphatic heterocycles. The van der Waals surface area contributed by atoms with Gasteiger partial charge in [0.15, 0.2) is 0 Å². The van der Waals surface area contributed by atoms with Gasteiger partial charge in [0.05, 0.1) is 29.5 Å². The summed E-state index contributed by atoms with van der Waals surface area (Å²) in [5.74, 6) is 0. The van der Waals surface area contributed by atoms with Gasteiger partial charge in [-0.25, -0.2) is 0 Å². The van der Waals surface area contributed by atoms with Crippen molar-refractivity contribution in [3.63, 3.8) is 0 Å². The summed E-state index contributed by atoms with van der Waals surface area (Å²) in [4.78, 5) is 5.17. The molecule has 2 aromatic rings. The third kappa shape index (κ3) is 3.69. The van der Waals surface area contributed by atoms with Gasteiger partial charge in [-0.15, -0.1) is 0 Å². The van der Waals surface area contributed by atoms with Gasteiger partial charge in [-0.3, -0.25) is 0 Å². The van der Waals surface area contributed by atoms with Crippen molar-refractivity contribution in [3.8, 4) is 12.1 Å². The highest BCUT2D eigenvalue weighted by atomic mass is 16.6. The monoisotopic (exact) mass is 261 g/mol. The Morgan fingerprint density at radius 2 is 1.75 bits per heavy atom. The number of hydrogen-bond acceptors (Lipinski definition) is 4. The predicted octanol–water partition coefficient (Wildman–Crippen LogP) is 2.98. The minimum Gasteiger partial charge on any atom is -0.391 e. The van der Waals surface area contributed by atoms with Gasteiger partial charge in [0, 0.05) is 0 Å². The summed E-state index contributed by atoms with van der Waals surface area (Å²) in [6.07, 6.45) is 1.58. The molecule has 0 atom stereocenters. The number of rotatable bonds is 4. The van der Waals surface area contributed by atoms with Crippen molar-refractivity contribution in [2.24, 2.45) is 5.16 Å². The Kier molecular flexibility index (Phi) is 4.48. The molecule has 0 aliphatic carbocycles. The highest BCUT2D eigenvalue weighted by Gasteiger charge is 1.95. The zero-order valence-electron chi connectivity index (χ0n) is 10.7. The Bertz CT molecular complexity index is 691. The van der Waals surface area contributed by atoms with Crippen LogP contribution in [0.4, 0.5) is 0 Å². The van der Waals surface area contributed by atoms with E-state index in [1.165, 1.54) is 0 Å². The fourth-order valence-electron chi connectivity index (χ4n) is 1.58. The Balaban J connectivity index is 1.90. The lowest BCUT2D eigenvalue weighted by Crippen LogP contribution is -1.89. The van der Waals surface area contributed by atoms with Crippen molar-refractivity contribution in [3.05, 3.63) is 70.8 Å². The van der Waals surface area contributed by atoms with E-state index in [0.717, 1.165) is 11.1 Å². The fraction of sp³-hybridized carbons (Fsp3) is 0.0625. The molecule has 20 heavy (non-hydrogen) atoms. The number of benzene rings is 2. The number of oxime groups is 1. The van der Waals surface area contributed by atoms with Gasteiger partial charge in [-0.05, 0) is 35.4 Å². The predicted molar refractivity (Wildman–Crippen MR) is 74.7 cm³/mol. The average Bonchev–Trinajstić information content (AvgIpc) is 2.52. The van der Waals surface area contributed by atoms with Crippen LogP contribution in [0.3, 0.4) is 0 Å². The van der Waals surface area contributed by atoms with Gasteiger partial charge in [0.2, 0.25) is 0 Å². The smallest absolute Gasteiger partial charge is 0.142 e. The maximum absolute atomic E-state index is 8.78. The minimum atomic E-state index is 0.308. The van der Waals surface area contributed by atoms with E-state index in [2.05, 4.69) is 17.3 Å². The van der Waals surface area contributed by atoms with Crippen molar-refractivity contribution in [1.82, 2.24) is 0 Å². The first kappa shape index (κ1) is 13.3. The van der Waals surface area contributed by atoms with E-state index >= 15 is 0 Å².